The second-order valence-electron chi connectivity index (χ2n) is 8.38. The summed E-state index contributed by atoms with van der Waals surface area (Å²) in [7, 11) is 0. The maximum absolute atomic E-state index is 11.4. The molecule has 3 aromatic rings. The van der Waals surface area contributed by atoms with Crippen LogP contribution in [-0.4, -0.2) is 23.0 Å². The molecule has 1 aromatic heterocycles. The number of pyridine rings is 1. The predicted molar refractivity (Wildman–Crippen MR) is 129 cm³/mol. The number of nitrogens with two attached hydrogens (primary N) is 1. The van der Waals surface area contributed by atoms with Crippen molar-refractivity contribution in [3.63, 3.8) is 0 Å². The highest BCUT2D eigenvalue weighted by atomic mass is 35.5. The molecule has 0 radical (unpaired) electrons. The Balaban J connectivity index is 1.93. The van der Waals surface area contributed by atoms with Gasteiger partial charge in [0.15, 0.2) is 0 Å². The van der Waals surface area contributed by atoms with Gasteiger partial charge in [-0.3, -0.25) is 4.79 Å². The van der Waals surface area contributed by atoms with Crippen LogP contribution in [0.2, 0.25) is 15.1 Å². The molecule has 2 heterocycles. The maximum atomic E-state index is 11.4. The predicted octanol–water partition coefficient (Wildman–Crippen LogP) is 6.05. The van der Waals surface area contributed by atoms with E-state index in [0.717, 1.165) is 22.3 Å². The first kappa shape index (κ1) is 22.9. The first-order chi connectivity index (χ1) is 15.1. The molecule has 3 N–H and O–H groups in total. The van der Waals surface area contributed by atoms with Crippen molar-refractivity contribution in [1.29, 1.82) is 0 Å². The number of fused-ring (bicyclic) bond motifs is 1. The molecule has 0 bridgehead atoms. The lowest BCUT2D eigenvalue weighted by Crippen LogP contribution is -2.42. The van der Waals surface area contributed by atoms with E-state index in [1.807, 2.05) is 50.2 Å². The highest BCUT2D eigenvalue weighted by Crippen LogP contribution is 2.44. The molecule has 2 aromatic carbocycles. The Morgan fingerprint density at radius 2 is 1.78 bits per heavy atom. The van der Waals surface area contributed by atoms with E-state index in [0.29, 0.717) is 33.1 Å². The van der Waals surface area contributed by atoms with Gasteiger partial charge in [-0.15, -0.1) is 0 Å². The summed E-state index contributed by atoms with van der Waals surface area (Å²) in [5, 5.41) is 4.90. The van der Waals surface area contributed by atoms with E-state index in [1.54, 1.807) is 12.1 Å². The van der Waals surface area contributed by atoms with Crippen LogP contribution in [0.25, 0.3) is 22.4 Å². The third-order valence-electron chi connectivity index (χ3n) is 5.32. The number of nitrogens with one attached hydrogen (secondary N) is 1. The minimum atomic E-state index is -0.488. The number of halogens is 3. The van der Waals surface area contributed by atoms with Gasteiger partial charge in [0.2, 0.25) is 11.8 Å². The van der Waals surface area contributed by atoms with Gasteiger partial charge in [0.1, 0.15) is 5.60 Å². The summed E-state index contributed by atoms with van der Waals surface area (Å²) in [6.45, 7) is 4.03. The number of benzene rings is 2. The number of aromatic nitrogens is 1. The Bertz CT molecular complexity index is 1180. The number of hydrogen-bond donors (Lipinski definition) is 2. The summed E-state index contributed by atoms with van der Waals surface area (Å²) in [6.07, 6.45) is 0.649. The molecule has 0 saturated carbocycles. The van der Waals surface area contributed by atoms with Gasteiger partial charge in [-0.2, -0.15) is 0 Å². The van der Waals surface area contributed by atoms with Crippen LogP contribution in [0.3, 0.4) is 0 Å². The Kier molecular flexibility index (Phi) is 6.37. The molecular weight excluding hydrogens is 469 g/mol. The quantitative estimate of drug-likeness (QED) is 0.456. The molecule has 1 aliphatic rings. The maximum Gasteiger partial charge on any atom is 0.231 e. The summed E-state index contributed by atoms with van der Waals surface area (Å²) in [5.41, 5.74) is 8.92. The lowest BCUT2D eigenvalue weighted by Gasteiger charge is -2.37. The minimum absolute atomic E-state index is 0.0568. The summed E-state index contributed by atoms with van der Waals surface area (Å²) >= 11 is 18.8. The number of rotatable bonds is 5. The van der Waals surface area contributed by atoms with Crippen molar-refractivity contribution < 1.29 is 9.53 Å². The highest BCUT2D eigenvalue weighted by molar-refractivity contribution is 6.36. The zero-order chi connectivity index (χ0) is 23.0. The molecule has 1 atom stereocenters. The molecule has 1 amide bonds. The Hall–Kier alpha value is -2.31. The van der Waals surface area contributed by atoms with E-state index >= 15 is 0 Å². The molecule has 0 fully saturated rings. The van der Waals surface area contributed by atoms with Crippen molar-refractivity contribution in [2.45, 2.75) is 31.9 Å². The monoisotopic (exact) mass is 489 g/mol. The van der Waals surface area contributed by atoms with E-state index in [4.69, 9.17) is 50.3 Å². The van der Waals surface area contributed by atoms with Crippen LogP contribution in [0.15, 0.2) is 48.5 Å². The minimum Gasteiger partial charge on any atom is -0.471 e. The van der Waals surface area contributed by atoms with E-state index in [2.05, 4.69) is 5.32 Å². The van der Waals surface area contributed by atoms with Crippen LogP contribution in [0, 0.1) is 0 Å². The lowest BCUT2D eigenvalue weighted by atomic mass is 9.88. The van der Waals surface area contributed by atoms with Crippen LogP contribution in [-0.2, 0) is 4.79 Å². The van der Waals surface area contributed by atoms with E-state index in [1.165, 1.54) is 0 Å². The standard InChI is InChI=1S/C24H22Cl3N3O2/c1-24(2)11-20(29-12-21(28)31)18-10-17(13-3-5-14(25)6-4-13)22(30-23(18)32-24)16-8-7-15(26)9-19(16)27/h3-10,20,29H,11-12H2,1-2H3,(H2,28,31). The van der Waals surface area contributed by atoms with Crippen molar-refractivity contribution in [3.05, 3.63) is 69.2 Å². The van der Waals surface area contributed by atoms with Crippen LogP contribution in [0.1, 0.15) is 31.9 Å². The fraction of sp³-hybridized carbons (Fsp3) is 0.250. The smallest absolute Gasteiger partial charge is 0.231 e. The van der Waals surface area contributed by atoms with Gasteiger partial charge in [-0.1, -0.05) is 46.9 Å². The fourth-order valence-corrected chi connectivity index (χ4v) is 4.51. The number of nitrogens with zero attached hydrogens (tertiary/aromatic N) is 1. The second-order valence-corrected chi connectivity index (χ2v) is 9.66. The van der Waals surface area contributed by atoms with Crippen molar-refractivity contribution in [2.75, 3.05) is 6.54 Å². The summed E-state index contributed by atoms with van der Waals surface area (Å²) in [4.78, 5) is 16.3. The van der Waals surface area contributed by atoms with Gasteiger partial charge in [-0.25, -0.2) is 4.98 Å². The Morgan fingerprint density at radius 1 is 1.09 bits per heavy atom. The van der Waals surface area contributed by atoms with E-state index in [9.17, 15) is 4.79 Å². The molecular formula is C24H22Cl3N3O2. The number of ether oxygens (including phenoxy) is 1. The SMILES string of the molecule is CC1(C)CC(NCC(N)=O)c2cc(-c3ccc(Cl)cc3)c(-c3ccc(Cl)cc3Cl)nc2O1. The number of amides is 1. The summed E-state index contributed by atoms with van der Waals surface area (Å²) < 4.78 is 6.23. The van der Waals surface area contributed by atoms with Gasteiger partial charge in [0, 0.05) is 39.2 Å². The molecule has 1 aliphatic heterocycles. The van der Waals surface area contributed by atoms with Crippen molar-refractivity contribution in [3.8, 4) is 28.3 Å². The molecule has 0 spiro atoms. The zero-order valence-electron chi connectivity index (χ0n) is 17.6. The molecule has 5 nitrogen and oxygen atoms in total. The van der Waals surface area contributed by atoms with E-state index in [-0.39, 0.29) is 12.6 Å². The molecule has 32 heavy (non-hydrogen) atoms. The van der Waals surface area contributed by atoms with Crippen molar-refractivity contribution in [1.82, 2.24) is 10.3 Å². The van der Waals surface area contributed by atoms with Crippen molar-refractivity contribution in [2.24, 2.45) is 5.73 Å². The van der Waals surface area contributed by atoms with Crippen LogP contribution in [0.4, 0.5) is 0 Å². The number of carbonyl (C=O) groups is 1. The first-order valence-electron chi connectivity index (χ1n) is 10.1. The molecule has 4 rings (SSSR count). The Labute approximate surface area is 201 Å². The van der Waals surface area contributed by atoms with Gasteiger partial charge in [-0.05, 0) is 55.8 Å². The zero-order valence-corrected chi connectivity index (χ0v) is 19.9. The average Bonchev–Trinajstić information content (AvgIpc) is 2.71. The normalized spacial score (nSPS) is 16.8. The second kappa shape index (κ2) is 8.91. The van der Waals surface area contributed by atoms with Crippen LogP contribution >= 0.6 is 34.8 Å². The molecule has 0 saturated heterocycles. The van der Waals surface area contributed by atoms with Crippen LogP contribution < -0.4 is 15.8 Å². The van der Waals surface area contributed by atoms with E-state index < -0.39 is 11.5 Å². The van der Waals surface area contributed by atoms with Gasteiger partial charge in [0.25, 0.3) is 0 Å². The third kappa shape index (κ3) is 4.86. The number of carbonyl (C=O) groups excluding carboxylic acids is 1. The number of primary amides is 1. The largest absolute Gasteiger partial charge is 0.471 e. The summed E-state index contributed by atoms with van der Waals surface area (Å²) in [6, 6.07) is 14.7. The van der Waals surface area contributed by atoms with Gasteiger partial charge >= 0.3 is 0 Å². The van der Waals surface area contributed by atoms with Gasteiger partial charge in [0.05, 0.1) is 17.3 Å². The lowest BCUT2D eigenvalue weighted by molar-refractivity contribution is -0.117. The average molecular weight is 491 g/mol. The fourth-order valence-electron chi connectivity index (χ4n) is 3.89. The van der Waals surface area contributed by atoms with Crippen LogP contribution in [0.5, 0.6) is 5.88 Å². The molecule has 166 valence electrons. The summed E-state index contributed by atoms with van der Waals surface area (Å²) in [5.74, 6) is 0.0632. The topological polar surface area (TPSA) is 77.2 Å². The third-order valence-corrected chi connectivity index (χ3v) is 6.12. The van der Waals surface area contributed by atoms with Crippen molar-refractivity contribution >= 4 is 40.7 Å². The number of hydrogen-bond acceptors (Lipinski definition) is 4. The molecule has 1 unspecified atom stereocenters. The molecule has 0 aliphatic carbocycles. The van der Waals surface area contributed by atoms with Gasteiger partial charge < -0.3 is 15.8 Å². The Morgan fingerprint density at radius 3 is 2.44 bits per heavy atom. The first-order valence-corrected chi connectivity index (χ1v) is 11.2. The highest BCUT2D eigenvalue weighted by Gasteiger charge is 2.36. The molecule has 8 heteroatoms.